The van der Waals surface area contributed by atoms with E-state index in [1.165, 1.54) is 6.92 Å². The summed E-state index contributed by atoms with van der Waals surface area (Å²) in [6.07, 6.45) is 0.146. The van der Waals surface area contributed by atoms with Gasteiger partial charge in [0.25, 0.3) is 5.91 Å². The van der Waals surface area contributed by atoms with Crippen LogP contribution in [0.5, 0.6) is 5.75 Å². The van der Waals surface area contributed by atoms with E-state index in [1.54, 1.807) is 41.0 Å². The van der Waals surface area contributed by atoms with Crippen molar-refractivity contribution in [1.82, 2.24) is 0 Å². The van der Waals surface area contributed by atoms with Gasteiger partial charge >= 0.3 is 5.97 Å². The third-order valence-corrected chi connectivity index (χ3v) is 7.68. The number of hydrogen-bond acceptors (Lipinski definition) is 6. The number of nitrogens with zero attached hydrogens (tertiary/aromatic N) is 3. The number of rotatable bonds is 9. The third kappa shape index (κ3) is 6.54. The van der Waals surface area contributed by atoms with Gasteiger partial charge in [0.1, 0.15) is 5.75 Å². The first kappa shape index (κ1) is 30.9. The lowest BCUT2D eigenvalue weighted by molar-refractivity contribution is -0.151. The van der Waals surface area contributed by atoms with Gasteiger partial charge in [0.05, 0.1) is 18.3 Å². The maximum Gasteiger partial charge on any atom is 0.347 e. The quantitative estimate of drug-likeness (QED) is 0.259. The molecule has 0 spiro atoms. The number of fused-ring (bicyclic) bond motifs is 1. The SMILES string of the molecule is CCOC(=O)C(CC)Oc1ccc2c(c1)N(C(=O)c1ccc(N(C)C)cc1)[C@@H](C)C[C@H]2N(C(C)=O)c1ccc(Cl)cc1. The zero-order chi connectivity index (χ0) is 30.6. The molecule has 222 valence electrons. The number of amides is 2. The largest absolute Gasteiger partial charge is 0.479 e. The molecule has 0 radical (unpaired) electrons. The Bertz CT molecular complexity index is 1420. The van der Waals surface area contributed by atoms with Gasteiger partial charge in [0, 0.05) is 55.1 Å². The van der Waals surface area contributed by atoms with Gasteiger partial charge < -0.3 is 24.2 Å². The monoisotopic (exact) mass is 591 g/mol. The summed E-state index contributed by atoms with van der Waals surface area (Å²) in [5, 5.41) is 0.575. The van der Waals surface area contributed by atoms with E-state index in [1.807, 2.05) is 75.3 Å². The molecule has 3 atom stereocenters. The number of benzene rings is 3. The minimum Gasteiger partial charge on any atom is -0.479 e. The number of halogens is 1. The fourth-order valence-corrected chi connectivity index (χ4v) is 5.48. The van der Waals surface area contributed by atoms with Crippen molar-refractivity contribution in [2.45, 2.75) is 58.7 Å². The average molecular weight is 592 g/mol. The number of hydrogen-bond donors (Lipinski definition) is 0. The Morgan fingerprint density at radius 1 is 0.976 bits per heavy atom. The van der Waals surface area contributed by atoms with Crippen LogP contribution in [0.4, 0.5) is 17.1 Å². The highest BCUT2D eigenvalue weighted by molar-refractivity contribution is 6.30. The highest BCUT2D eigenvalue weighted by Crippen LogP contribution is 2.44. The molecule has 1 aliphatic rings. The summed E-state index contributed by atoms with van der Waals surface area (Å²) >= 11 is 6.14. The number of esters is 1. The van der Waals surface area contributed by atoms with Gasteiger partial charge in [0.15, 0.2) is 6.10 Å². The molecule has 4 rings (SSSR count). The van der Waals surface area contributed by atoms with Crippen molar-refractivity contribution in [3.8, 4) is 5.75 Å². The fourth-order valence-electron chi connectivity index (χ4n) is 5.36. The molecule has 9 heteroatoms. The predicted molar refractivity (Wildman–Crippen MR) is 167 cm³/mol. The van der Waals surface area contributed by atoms with E-state index in [2.05, 4.69) is 0 Å². The second-order valence-electron chi connectivity index (χ2n) is 10.6. The van der Waals surface area contributed by atoms with Crippen LogP contribution in [0.25, 0.3) is 0 Å². The fraction of sp³-hybridized carbons (Fsp3) is 0.364. The van der Waals surface area contributed by atoms with Gasteiger partial charge in [0.2, 0.25) is 5.91 Å². The van der Waals surface area contributed by atoms with Gasteiger partial charge in [-0.2, -0.15) is 0 Å². The van der Waals surface area contributed by atoms with Crippen LogP contribution in [0.1, 0.15) is 62.5 Å². The molecular formula is C33H38ClN3O5. The molecule has 1 unspecified atom stereocenters. The molecular weight excluding hydrogens is 554 g/mol. The van der Waals surface area contributed by atoms with Gasteiger partial charge in [-0.3, -0.25) is 9.59 Å². The molecule has 1 aliphatic heterocycles. The van der Waals surface area contributed by atoms with Crippen molar-refractivity contribution in [2.75, 3.05) is 35.4 Å². The lowest BCUT2D eigenvalue weighted by Crippen LogP contribution is -2.47. The van der Waals surface area contributed by atoms with E-state index in [9.17, 15) is 14.4 Å². The van der Waals surface area contributed by atoms with Crippen LogP contribution in [-0.2, 0) is 14.3 Å². The molecule has 1 heterocycles. The second-order valence-corrected chi connectivity index (χ2v) is 11.0. The smallest absolute Gasteiger partial charge is 0.347 e. The molecule has 0 saturated carbocycles. The van der Waals surface area contributed by atoms with Crippen molar-refractivity contribution >= 4 is 46.4 Å². The summed E-state index contributed by atoms with van der Waals surface area (Å²) in [6.45, 7) is 7.36. The summed E-state index contributed by atoms with van der Waals surface area (Å²) in [7, 11) is 3.89. The van der Waals surface area contributed by atoms with Crippen LogP contribution in [0.2, 0.25) is 5.02 Å². The van der Waals surface area contributed by atoms with Crippen molar-refractivity contribution in [3.63, 3.8) is 0 Å². The van der Waals surface area contributed by atoms with Gasteiger partial charge in [-0.05, 0) is 86.8 Å². The molecule has 0 saturated heterocycles. The maximum absolute atomic E-state index is 14.1. The van der Waals surface area contributed by atoms with Crippen molar-refractivity contribution in [2.24, 2.45) is 0 Å². The molecule has 0 aromatic heterocycles. The Morgan fingerprint density at radius 3 is 2.19 bits per heavy atom. The molecule has 42 heavy (non-hydrogen) atoms. The van der Waals surface area contributed by atoms with Crippen LogP contribution in [0.15, 0.2) is 66.7 Å². The number of carbonyl (C=O) groups is 3. The van der Waals surface area contributed by atoms with Crippen LogP contribution in [0, 0.1) is 0 Å². The Hall–Kier alpha value is -4.04. The second kappa shape index (κ2) is 13.3. The van der Waals surface area contributed by atoms with Crippen molar-refractivity contribution in [1.29, 1.82) is 0 Å². The van der Waals surface area contributed by atoms with Gasteiger partial charge in [-0.25, -0.2) is 4.79 Å². The first-order valence-electron chi connectivity index (χ1n) is 14.2. The molecule has 0 N–H and O–H groups in total. The van der Waals surface area contributed by atoms with E-state index in [4.69, 9.17) is 21.1 Å². The highest BCUT2D eigenvalue weighted by Gasteiger charge is 2.39. The lowest BCUT2D eigenvalue weighted by Gasteiger charge is -2.43. The Kier molecular flexibility index (Phi) is 9.78. The van der Waals surface area contributed by atoms with Gasteiger partial charge in [-0.15, -0.1) is 0 Å². The number of ether oxygens (including phenoxy) is 2. The minimum atomic E-state index is -0.787. The predicted octanol–water partition coefficient (Wildman–Crippen LogP) is 6.66. The number of anilines is 3. The van der Waals surface area contributed by atoms with E-state index in [-0.39, 0.29) is 30.5 Å². The minimum absolute atomic E-state index is 0.131. The molecule has 3 aromatic rings. The molecule has 0 bridgehead atoms. The summed E-state index contributed by atoms with van der Waals surface area (Å²) in [5.74, 6) is -0.303. The summed E-state index contributed by atoms with van der Waals surface area (Å²) < 4.78 is 11.3. The van der Waals surface area contributed by atoms with Crippen molar-refractivity contribution in [3.05, 3.63) is 82.9 Å². The molecule has 0 aliphatic carbocycles. The van der Waals surface area contributed by atoms with E-state index >= 15 is 0 Å². The van der Waals surface area contributed by atoms with Crippen LogP contribution < -0.4 is 19.4 Å². The Morgan fingerprint density at radius 2 is 1.62 bits per heavy atom. The molecule has 3 aromatic carbocycles. The maximum atomic E-state index is 14.1. The lowest BCUT2D eigenvalue weighted by atomic mass is 9.89. The van der Waals surface area contributed by atoms with E-state index in [0.717, 1.165) is 11.3 Å². The van der Waals surface area contributed by atoms with Crippen LogP contribution in [-0.4, -0.2) is 50.6 Å². The van der Waals surface area contributed by atoms with Crippen LogP contribution in [0.3, 0.4) is 0 Å². The number of carbonyl (C=O) groups excluding carboxylic acids is 3. The zero-order valence-electron chi connectivity index (χ0n) is 25.0. The van der Waals surface area contributed by atoms with E-state index in [0.29, 0.717) is 40.6 Å². The normalized spacial score (nSPS) is 16.7. The average Bonchev–Trinajstić information content (AvgIpc) is 2.96. The molecule has 2 amide bonds. The zero-order valence-corrected chi connectivity index (χ0v) is 25.7. The standard InChI is InChI=1S/C33H38ClN3O5/c1-7-31(33(40)41-8-2)42-27-17-18-28-29(37(22(4)38)26-15-11-24(34)12-16-26)19-21(3)36(30(28)20-27)32(39)23-9-13-25(14-10-23)35(5)6/h9-18,20-21,29,31H,7-8,19H2,1-6H3/t21-,29+,31?/m0/s1. The Balaban J connectivity index is 1.81. The van der Waals surface area contributed by atoms with Crippen molar-refractivity contribution < 1.29 is 23.9 Å². The highest BCUT2D eigenvalue weighted by atomic mass is 35.5. The molecule has 8 nitrogen and oxygen atoms in total. The summed E-state index contributed by atoms with van der Waals surface area (Å²) in [6, 6.07) is 19.4. The summed E-state index contributed by atoms with van der Waals surface area (Å²) in [5.41, 5.74) is 3.66. The molecule has 0 fully saturated rings. The Labute approximate surface area is 252 Å². The van der Waals surface area contributed by atoms with Crippen LogP contribution >= 0.6 is 11.6 Å². The van der Waals surface area contributed by atoms with Gasteiger partial charge in [-0.1, -0.05) is 24.6 Å². The first-order valence-corrected chi connectivity index (χ1v) is 14.6. The topological polar surface area (TPSA) is 79.4 Å². The third-order valence-electron chi connectivity index (χ3n) is 7.43. The van der Waals surface area contributed by atoms with E-state index < -0.39 is 12.1 Å². The first-order chi connectivity index (χ1) is 20.0. The summed E-state index contributed by atoms with van der Waals surface area (Å²) in [4.78, 5) is 45.1.